The first kappa shape index (κ1) is 24.1. The van der Waals surface area contributed by atoms with Crippen molar-refractivity contribution in [1.82, 2.24) is 4.90 Å². The number of benzene rings is 2. The van der Waals surface area contributed by atoms with E-state index in [2.05, 4.69) is 10.3 Å². The fourth-order valence-corrected chi connectivity index (χ4v) is 4.67. The first-order chi connectivity index (χ1) is 15.4. The molecule has 32 heavy (non-hydrogen) atoms. The number of halogens is 1. The summed E-state index contributed by atoms with van der Waals surface area (Å²) in [6.45, 7) is 3.01. The van der Waals surface area contributed by atoms with E-state index < -0.39 is 5.25 Å². The number of carbonyl (C=O) groups excluding carboxylic acids is 2. The number of anilines is 1. The number of amides is 2. The maximum Gasteiger partial charge on any atom is 0.242 e. The van der Waals surface area contributed by atoms with Crippen LogP contribution in [0.3, 0.4) is 0 Å². The van der Waals surface area contributed by atoms with Crippen LogP contribution in [0.25, 0.3) is 0 Å². The van der Waals surface area contributed by atoms with Crippen LogP contribution in [0.4, 0.5) is 11.4 Å². The quantitative estimate of drug-likeness (QED) is 0.534. The summed E-state index contributed by atoms with van der Waals surface area (Å²) in [6.07, 6.45) is 0.708. The van der Waals surface area contributed by atoms with Crippen molar-refractivity contribution < 1.29 is 19.1 Å². The van der Waals surface area contributed by atoms with Crippen LogP contribution >= 0.6 is 23.4 Å². The van der Waals surface area contributed by atoms with Crippen LogP contribution in [0, 0.1) is 6.92 Å². The van der Waals surface area contributed by atoms with Gasteiger partial charge in [0.05, 0.1) is 17.8 Å². The number of hydrogen-bond acceptors (Lipinski definition) is 6. The van der Waals surface area contributed by atoms with Crippen LogP contribution in [0.1, 0.15) is 18.4 Å². The molecule has 1 aliphatic rings. The number of methoxy groups -OCH3 is 2. The smallest absolute Gasteiger partial charge is 0.242 e. The summed E-state index contributed by atoms with van der Waals surface area (Å²) in [4.78, 5) is 32.0. The lowest BCUT2D eigenvalue weighted by Gasteiger charge is -2.16. The van der Waals surface area contributed by atoms with E-state index >= 15 is 0 Å². The maximum atomic E-state index is 13.1. The highest BCUT2D eigenvalue weighted by Crippen LogP contribution is 2.33. The first-order valence-corrected chi connectivity index (χ1v) is 11.4. The molecule has 9 heteroatoms. The van der Waals surface area contributed by atoms with Crippen LogP contribution < -0.4 is 10.1 Å². The van der Waals surface area contributed by atoms with E-state index in [-0.39, 0.29) is 18.2 Å². The maximum absolute atomic E-state index is 13.1. The molecule has 7 nitrogen and oxygen atoms in total. The normalized spacial score (nSPS) is 17.1. The fourth-order valence-electron chi connectivity index (χ4n) is 3.23. The fraction of sp³-hybridized carbons (Fsp3) is 0.348. The van der Waals surface area contributed by atoms with E-state index in [1.165, 1.54) is 18.9 Å². The van der Waals surface area contributed by atoms with Crippen LogP contribution in [0.5, 0.6) is 5.75 Å². The molecule has 170 valence electrons. The molecular weight excluding hydrogens is 450 g/mol. The Bertz CT molecular complexity index is 1010. The third-order valence-electron chi connectivity index (χ3n) is 4.78. The van der Waals surface area contributed by atoms with Gasteiger partial charge in [0.1, 0.15) is 11.0 Å². The van der Waals surface area contributed by atoms with Crippen molar-refractivity contribution in [2.24, 2.45) is 4.99 Å². The van der Waals surface area contributed by atoms with E-state index in [1.807, 2.05) is 31.2 Å². The Morgan fingerprint density at radius 2 is 2.06 bits per heavy atom. The number of aryl methyl sites for hydroxylation is 1. The zero-order valence-corrected chi connectivity index (χ0v) is 19.8. The molecule has 1 atom stereocenters. The molecule has 1 fully saturated rings. The molecule has 2 aromatic rings. The molecule has 3 rings (SSSR count). The molecule has 1 saturated heterocycles. The zero-order valence-electron chi connectivity index (χ0n) is 18.3. The lowest BCUT2D eigenvalue weighted by atomic mass is 10.2. The minimum absolute atomic E-state index is 0.0285. The van der Waals surface area contributed by atoms with E-state index in [4.69, 9.17) is 21.1 Å². The van der Waals surface area contributed by atoms with Crippen molar-refractivity contribution in [2.75, 3.05) is 32.7 Å². The lowest BCUT2D eigenvalue weighted by Crippen LogP contribution is -2.34. The van der Waals surface area contributed by atoms with Crippen molar-refractivity contribution in [3.63, 3.8) is 0 Å². The number of hydrogen-bond donors (Lipinski definition) is 1. The molecule has 0 saturated carbocycles. The first-order valence-electron chi connectivity index (χ1n) is 10.2. The van der Waals surface area contributed by atoms with Crippen LogP contribution in [0.15, 0.2) is 47.5 Å². The number of nitrogens with zero attached hydrogens (tertiary/aromatic N) is 2. The number of aliphatic imine (C=N–C) groups is 1. The third kappa shape index (κ3) is 6.25. The highest BCUT2D eigenvalue weighted by molar-refractivity contribution is 8.15. The van der Waals surface area contributed by atoms with Gasteiger partial charge in [0, 0.05) is 32.4 Å². The molecule has 1 heterocycles. The average molecular weight is 476 g/mol. The molecule has 0 aliphatic carbocycles. The number of carbonyl (C=O) groups is 2. The predicted molar refractivity (Wildman–Crippen MR) is 129 cm³/mol. The van der Waals surface area contributed by atoms with Crippen molar-refractivity contribution >= 4 is 51.7 Å². The minimum atomic E-state index is -0.546. The van der Waals surface area contributed by atoms with E-state index in [1.54, 1.807) is 30.2 Å². The molecule has 1 N–H and O–H groups in total. The molecule has 0 spiro atoms. The van der Waals surface area contributed by atoms with Crippen molar-refractivity contribution in [3.8, 4) is 5.75 Å². The van der Waals surface area contributed by atoms with Gasteiger partial charge in [-0.3, -0.25) is 14.5 Å². The van der Waals surface area contributed by atoms with Crippen molar-refractivity contribution in [3.05, 3.63) is 53.1 Å². The summed E-state index contributed by atoms with van der Waals surface area (Å²) in [5.41, 5.74) is 2.40. The monoisotopic (exact) mass is 475 g/mol. The van der Waals surface area contributed by atoms with Gasteiger partial charge in [-0.15, -0.1) is 0 Å². The second-order valence-corrected chi connectivity index (χ2v) is 8.85. The Morgan fingerprint density at radius 1 is 1.25 bits per heavy atom. The molecular formula is C23H26ClN3O4S. The van der Waals surface area contributed by atoms with Gasteiger partial charge in [0.15, 0.2) is 5.17 Å². The lowest BCUT2D eigenvalue weighted by molar-refractivity contribution is -0.128. The molecule has 2 aromatic carbocycles. The Morgan fingerprint density at radius 3 is 2.75 bits per heavy atom. The highest BCUT2D eigenvalue weighted by Gasteiger charge is 2.38. The summed E-state index contributed by atoms with van der Waals surface area (Å²) in [5, 5.41) is 3.25. The van der Waals surface area contributed by atoms with Crippen molar-refractivity contribution in [2.45, 2.75) is 25.0 Å². The molecule has 0 bridgehead atoms. The Hall–Kier alpha value is -2.55. The highest BCUT2D eigenvalue weighted by atomic mass is 35.5. The number of thioether (sulfide) groups is 1. The zero-order chi connectivity index (χ0) is 23.1. The molecule has 2 amide bonds. The van der Waals surface area contributed by atoms with Gasteiger partial charge in [-0.1, -0.05) is 35.5 Å². The van der Waals surface area contributed by atoms with Gasteiger partial charge in [-0.05, 0) is 49.2 Å². The largest absolute Gasteiger partial charge is 0.495 e. The van der Waals surface area contributed by atoms with Gasteiger partial charge in [0.2, 0.25) is 11.8 Å². The summed E-state index contributed by atoms with van der Waals surface area (Å²) in [5.74, 6) is 0.126. The third-order valence-corrected chi connectivity index (χ3v) is 6.25. The standard InChI is InChI=1S/C23H26ClN3O4S/c1-15-6-4-7-16(12-15)26-23-27(10-5-11-30-2)22(29)20(32-23)14-21(28)25-17-8-9-19(31-3)18(24)13-17/h4,6-9,12-13,20H,5,10-11,14H2,1-3H3,(H,25,28). The number of nitrogens with one attached hydrogen (secondary N) is 1. The Kier molecular flexibility index (Phi) is 8.55. The number of rotatable bonds is 9. The predicted octanol–water partition coefficient (Wildman–Crippen LogP) is 4.65. The average Bonchev–Trinajstić information content (AvgIpc) is 3.02. The van der Waals surface area contributed by atoms with Crippen LogP contribution in [-0.4, -0.2) is 54.5 Å². The van der Waals surface area contributed by atoms with E-state index in [9.17, 15) is 9.59 Å². The summed E-state index contributed by atoms with van der Waals surface area (Å²) in [7, 11) is 3.15. The van der Waals surface area contributed by atoms with E-state index in [0.29, 0.717) is 41.2 Å². The van der Waals surface area contributed by atoms with Crippen LogP contribution in [0.2, 0.25) is 5.02 Å². The molecule has 0 aromatic heterocycles. The number of amidine groups is 1. The van der Waals surface area contributed by atoms with Gasteiger partial charge < -0.3 is 14.8 Å². The second kappa shape index (κ2) is 11.4. The van der Waals surface area contributed by atoms with Crippen molar-refractivity contribution in [1.29, 1.82) is 0 Å². The minimum Gasteiger partial charge on any atom is -0.495 e. The molecule has 1 unspecified atom stereocenters. The van der Waals surface area contributed by atoms with E-state index in [0.717, 1.165) is 11.3 Å². The SMILES string of the molecule is COCCCN1C(=O)C(CC(=O)Nc2ccc(OC)c(Cl)c2)SC1=Nc1cccc(C)c1. The molecule has 1 aliphatic heterocycles. The molecule has 0 radical (unpaired) electrons. The van der Waals surface area contributed by atoms with Crippen LogP contribution in [-0.2, 0) is 14.3 Å². The number of ether oxygens (including phenoxy) is 2. The van der Waals surface area contributed by atoms with Gasteiger partial charge in [-0.25, -0.2) is 4.99 Å². The Balaban J connectivity index is 1.72. The van der Waals surface area contributed by atoms with Gasteiger partial charge in [0.25, 0.3) is 0 Å². The topological polar surface area (TPSA) is 80.2 Å². The summed E-state index contributed by atoms with van der Waals surface area (Å²) >= 11 is 7.44. The Labute approximate surface area is 197 Å². The summed E-state index contributed by atoms with van der Waals surface area (Å²) < 4.78 is 10.2. The summed E-state index contributed by atoms with van der Waals surface area (Å²) in [6, 6.07) is 12.8. The second-order valence-electron chi connectivity index (χ2n) is 7.28. The van der Waals surface area contributed by atoms with Gasteiger partial charge >= 0.3 is 0 Å². The van der Waals surface area contributed by atoms with Gasteiger partial charge in [-0.2, -0.15) is 0 Å².